The summed E-state index contributed by atoms with van der Waals surface area (Å²) in [5.74, 6) is 3.14. The summed E-state index contributed by atoms with van der Waals surface area (Å²) >= 11 is 0. The van der Waals surface area contributed by atoms with E-state index in [1.54, 1.807) is 0 Å². The van der Waals surface area contributed by atoms with Gasteiger partial charge in [-0.1, -0.05) is 0 Å². The van der Waals surface area contributed by atoms with E-state index in [1.165, 1.54) is 44.9 Å². The molecule has 2 nitrogen and oxygen atoms in total. The molecule has 0 aromatic carbocycles. The first-order valence-electron chi connectivity index (χ1n) is 7.29. The fraction of sp³-hybridized carbons (Fsp3) is 0.933. The van der Waals surface area contributed by atoms with Crippen LogP contribution in [0.3, 0.4) is 0 Å². The Hall–Kier alpha value is -0.550. The normalized spacial score (nSPS) is 44.6. The van der Waals surface area contributed by atoms with Crippen LogP contribution in [-0.2, 0) is 0 Å². The topological polar surface area (TPSA) is 35.8 Å². The molecule has 0 heterocycles. The lowest BCUT2D eigenvalue weighted by molar-refractivity contribution is -0.0610. The molecule has 4 rings (SSSR count). The number of rotatable bonds is 4. The SMILES string of the molecule is CC(CC12CC3CC(CC(C3)C1)C2)NCC#N. The van der Waals surface area contributed by atoms with Crippen LogP contribution in [0.15, 0.2) is 0 Å². The molecule has 17 heavy (non-hydrogen) atoms. The van der Waals surface area contributed by atoms with Crippen molar-refractivity contribution in [1.29, 1.82) is 5.26 Å². The van der Waals surface area contributed by atoms with Gasteiger partial charge < -0.3 is 5.32 Å². The van der Waals surface area contributed by atoms with E-state index in [0.29, 0.717) is 18.0 Å². The lowest BCUT2D eigenvalue weighted by atomic mass is 9.48. The Kier molecular flexibility index (Phi) is 2.91. The van der Waals surface area contributed by atoms with Crippen molar-refractivity contribution >= 4 is 0 Å². The average molecular weight is 232 g/mol. The van der Waals surface area contributed by atoms with Crippen LogP contribution in [0.5, 0.6) is 0 Å². The molecule has 0 aromatic heterocycles. The van der Waals surface area contributed by atoms with Crippen molar-refractivity contribution in [3.8, 4) is 6.07 Å². The molecule has 0 amide bonds. The Bertz CT molecular complexity index is 293. The fourth-order valence-electron chi connectivity index (χ4n) is 5.48. The Morgan fingerprint density at radius 3 is 2.18 bits per heavy atom. The highest BCUT2D eigenvalue weighted by Crippen LogP contribution is 2.61. The molecule has 2 heteroatoms. The van der Waals surface area contributed by atoms with Gasteiger partial charge in [-0.05, 0) is 75.0 Å². The molecule has 4 aliphatic carbocycles. The molecule has 4 aliphatic rings. The first kappa shape index (κ1) is 11.5. The number of nitrogens with zero attached hydrogens (tertiary/aromatic N) is 1. The summed E-state index contributed by atoms with van der Waals surface area (Å²) in [7, 11) is 0. The van der Waals surface area contributed by atoms with Crippen LogP contribution in [0, 0.1) is 34.5 Å². The zero-order chi connectivity index (χ0) is 11.9. The maximum Gasteiger partial charge on any atom is 0.0842 e. The molecule has 4 fully saturated rings. The van der Waals surface area contributed by atoms with Gasteiger partial charge in [0.1, 0.15) is 0 Å². The minimum absolute atomic E-state index is 0.507. The zero-order valence-electron chi connectivity index (χ0n) is 10.9. The first-order chi connectivity index (χ1) is 8.19. The number of nitriles is 1. The van der Waals surface area contributed by atoms with Crippen molar-refractivity contribution in [2.45, 2.75) is 57.9 Å². The van der Waals surface area contributed by atoms with Crippen molar-refractivity contribution in [1.82, 2.24) is 5.32 Å². The summed E-state index contributed by atoms with van der Waals surface area (Å²) in [5.41, 5.74) is 0.649. The average Bonchev–Trinajstić information content (AvgIpc) is 2.23. The quantitative estimate of drug-likeness (QED) is 0.756. The zero-order valence-corrected chi connectivity index (χ0v) is 10.9. The van der Waals surface area contributed by atoms with Crippen molar-refractivity contribution in [2.75, 3.05) is 6.54 Å². The molecule has 94 valence electrons. The van der Waals surface area contributed by atoms with E-state index in [1.807, 2.05) is 0 Å². The standard InChI is InChI=1S/C15H24N2/c1-11(17-3-2-16)7-15-8-12-4-13(9-15)6-14(5-12)10-15/h11-14,17H,3-10H2,1H3. The number of hydrogen-bond donors (Lipinski definition) is 1. The van der Waals surface area contributed by atoms with Gasteiger partial charge in [-0.25, -0.2) is 0 Å². The lowest BCUT2D eigenvalue weighted by Gasteiger charge is -2.57. The molecule has 0 aromatic rings. The largest absolute Gasteiger partial charge is 0.302 e. The van der Waals surface area contributed by atoms with E-state index in [9.17, 15) is 0 Å². The van der Waals surface area contributed by atoms with Gasteiger partial charge in [0, 0.05) is 6.04 Å². The van der Waals surface area contributed by atoms with Gasteiger partial charge in [0.2, 0.25) is 0 Å². The van der Waals surface area contributed by atoms with Crippen molar-refractivity contribution < 1.29 is 0 Å². The Morgan fingerprint density at radius 2 is 1.71 bits per heavy atom. The molecule has 1 atom stereocenters. The van der Waals surface area contributed by atoms with Crippen molar-refractivity contribution in [3.05, 3.63) is 0 Å². The number of nitrogens with one attached hydrogen (secondary N) is 1. The van der Waals surface area contributed by atoms with Crippen LogP contribution in [0.25, 0.3) is 0 Å². The summed E-state index contributed by atoms with van der Waals surface area (Å²) in [6.45, 7) is 2.77. The van der Waals surface area contributed by atoms with Crippen LogP contribution >= 0.6 is 0 Å². The predicted octanol–water partition coefficient (Wildman–Crippen LogP) is 3.09. The molecular weight excluding hydrogens is 208 g/mol. The molecule has 0 spiro atoms. The second-order valence-corrected chi connectivity index (χ2v) is 7.06. The van der Waals surface area contributed by atoms with E-state index >= 15 is 0 Å². The molecule has 0 saturated heterocycles. The lowest BCUT2D eigenvalue weighted by Crippen LogP contribution is -2.48. The Morgan fingerprint density at radius 1 is 1.18 bits per heavy atom. The summed E-state index contributed by atoms with van der Waals surface area (Å²) in [6, 6.07) is 2.71. The molecule has 1 N–H and O–H groups in total. The maximum atomic E-state index is 8.63. The molecule has 4 saturated carbocycles. The molecular formula is C15H24N2. The van der Waals surface area contributed by atoms with Gasteiger partial charge >= 0.3 is 0 Å². The van der Waals surface area contributed by atoms with E-state index in [-0.39, 0.29) is 0 Å². The fourth-order valence-corrected chi connectivity index (χ4v) is 5.48. The maximum absolute atomic E-state index is 8.63. The van der Waals surface area contributed by atoms with Gasteiger partial charge in [-0.2, -0.15) is 5.26 Å². The van der Waals surface area contributed by atoms with E-state index in [4.69, 9.17) is 5.26 Å². The van der Waals surface area contributed by atoms with Gasteiger partial charge in [-0.3, -0.25) is 0 Å². The molecule has 1 unspecified atom stereocenters. The Balaban J connectivity index is 1.64. The monoisotopic (exact) mass is 232 g/mol. The highest BCUT2D eigenvalue weighted by Gasteiger charge is 2.50. The predicted molar refractivity (Wildman–Crippen MR) is 68.3 cm³/mol. The van der Waals surface area contributed by atoms with Gasteiger partial charge in [0.15, 0.2) is 0 Å². The van der Waals surface area contributed by atoms with Crippen molar-refractivity contribution in [2.24, 2.45) is 23.2 Å². The van der Waals surface area contributed by atoms with Gasteiger partial charge in [0.05, 0.1) is 12.6 Å². The van der Waals surface area contributed by atoms with E-state index in [2.05, 4.69) is 18.3 Å². The first-order valence-corrected chi connectivity index (χ1v) is 7.29. The van der Waals surface area contributed by atoms with E-state index in [0.717, 1.165) is 17.8 Å². The van der Waals surface area contributed by atoms with Crippen LogP contribution in [-0.4, -0.2) is 12.6 Å². The Labute approximate surface area is 105 Å². The summed E-state index contributed by atoms with van der Waals surface area (Å²) in [5, 5.41) is 12.0. The van der Waals surface area contributed by atoms with Gasteiger partial charge in [0.25, 0.3) is 0 Å². The van der Waals surface area contributed by atoms with Crippen LogP contribution in [0.4, 0.5) is 0 Å². The second kappa shape index (κ2) is 4.28. The third kappa shape index (κ3) is 2.22. The summed E-state index contributed by atoms with van der Waals surface area (Å²) < 4.78 is 0. The van der Waals surface area contributed by atoms with E-state index < -0.39 is 0 Å². The third-order valence-corrected chi connectivity index (χ3v) is 5.43. The minimum atomic E-state index is 0.507. The second-order valence-electron chi connectivity index (χ2n) is 7.06. The third-order valence-electron chi connectivity index (χ3n) is 5.43. The smallest absolute Gasteiger partial charge is 0.0842 e. The van der Waals surface area contributed by atoms with Crippen molar-refractivity contribution in [3.63, 3.8) is 0 Å². The summed E-state index contributed by atoms with van der Waals surface area (Å²) in [6.07, 6.45) is 10.3. The minimum Gasteiger partial charge on any atom is -0.302 e. The molecule has 4 bridgehead atoms. The molecule has 0 radical (unpaired) electrons. The highest BCUT2D eigenvalue weighted by molar-refractivity contribution is 5.02. The molecule has 0 aliphatic heterocycles. The van der Waals surface area contributed by atoms with Crippen LogP contribution in [0.2, 0.25) is 0 Å². The van der Waals surface area contributed by atoms with Crippen LogP contribution < -0.4 is 5.32 Å². The van der Waals surface area contributed by atoms with Gasteiger partial charge in [-0.15, -0.1) is 0 Å². The number of hydrogen-bond acceptors (Lipinski definition) is 2. The summed E-state index contributed by atoms with van der Waals surface area (Å²) in [4.78, 5) is 0. The van der Waals surface area contributed by atoms with Crippen LogP contribution in [0.1, 0.15) is 51.9 Å². The highest BCUT2D eigenvalue weighted by atomic mass is 14.9.